The molecule has 0 amide bonds. The van der Waals surface area contributed by atoms with Crippen molar-refractivity contribution in [1.29, 1.82) is 0 Å². The van der Waals surface area contributed by atoms with Crippen LogP contribution in [0.2, 0.25) is 0 Å². The van der Waals surface area contributed by atoms with Gasteiger partial charge in [0.1, 0.15) is 0 Å². The first-order valence-corrected chi connectivity index (χ1v) is 1.25. The number of carbonyl (C=O) groups is 1. The van der Waals surface area contributed by atoms with Crippen LogP contribution in [0.3, 0.4) is 0 Å². The van der Waals surface area contributed by atoms with E-state index in [4.69, 9.17) is 5.11 Å². The second-order valence-corrected chi connectivity index (χ2v) is 0.759. The Bertz CT molecular complexity index is 31.9. The van der Waals surface area contributed by atoms with E-state index < -0.39 is 0 Å². The lowest BCUT2D eigenvalue weighted by atomic mass is 10.5. The molecule has 0 aromatic carbocycles. The van der Waals surface area contributed by atoms with Crippen LogP contribution >= 0.6 is 0 Å². The molecule has 0 atom stereocenters. The van der Waals surface area contributed by atoms with E-state index in [0.717, 1.165) is 0 Å². The molecule has 0 spiro atoms. The lowest BCUT2D eigenvalue weighted by Gasteiger charge is -1.77. The number of aldehydes is 1. The smallest absolute Gasteiger partial charge is 0.154 e. The molecule has 0 fully saturated rings. The SMILES string of the molecule is C[C](O)C=O. The van der Waals surface area contributed by atoms with E-state index >= 15 is 0 Å². The number of hydrogen-bond acceptors (Lipinski definition) is 2. The Balaban J connectivity index is 2.83. The molecule has 2 nitrogen and oxygen atoms in total. The zero-order valence-corrected chi connectivity index (χ0v) is 2.93. The highest BCUT2D eigenvalue weighted by molar-refractivity contribution is 5.63. The van der Waals surface area contributed by atoms with Crippen molar-refractivity contribution >= 4 is 6.29 Å². The summed E-state index contributed by atoms with van der Waals surface area (Å²) >= 11 is 0. The highest BCUT2D eigenvalue weighted by atomic mass is 16.3. The molecule has 0 aromatic rings. The van der Waals surface area contributed by atoms with Gasteiger partial charge in [0.05, 0.1) is 0 Å². The number of hydrogen-bond donors (Lipinski definition) is 1. The Hall–Kier alpha value is -0.370. The standard InChI is InChI=1S/C3H5O2/c1-3(5)2-4/h2,5H,1H3. The first-order valence-electron chi connectivity index (χ1n) is 1.25. The Morgan fingerprint density at radius 3 is 2.20 bits per heavy atom. The van der Waals surface area contributed by atoms with Crippen LogP contribution in [-0.2, 0) is 4.79 Å². The van der Waals surface area contributed by atoms with Gasteiger partial charge in [-0.2, -0.15) is 0 Å². The molecule has 0 aromatic heterocycles. The fraction of sp³-hybridized carbons (Fsp3) is 0.333. The van der Waals surface area contributed by atoms with Crippen LogP contribution in [0.1, 0.15) is 6.92 Å². The topological polar surface area (TPSA) is 37.3 Å². The minimum Gasteiger partial charge on any atom is -0.379 e. The van der Waals surface area contributed by atoms with Gasteiger partial charge in [0, 0.05) is 0 Å². The molecule has 29 valence electrons. The molecular formula is C3H5O2. The van der Waals surface area contributed by atoms with Gasteiger partial charge in [-0.25, -0.2) is 0 Å². The van der Waals surface area contributed by atoms with E-state index in [1.54, 1.807) is 0 Å². The number of aliphatic hydroxyl groups is 1. The number of aliphatic hydroxyl groups excluding tert-OH is 1. The predicted molar refractivity (Wildman–Crippen MR) is 16.9 cm³/mol. The maximum Gasteiger partial charge on any atom is 0.154 e. The molecule has 0 aliphatic heterocycles. The summed E-state index contributed by atoms with van der Waals surface area (Å²) in [5.41, 5.74) is 0. The molecule has 0 rings (SSSR count). The molecule has 0 aliphatic rings. The van der Waals surface area contributed by atoms with E-state index in [2.05, 4.69) is 0 Å². The summed E-state index contributed by atoms with van der Waals surface area (Å²) in [4.78, 5) is 9.22. The predicted octanol–water partition coefficient (Wildman–Crippen LogP) is 0.110. The van der Waals surface area contributed by atoms with E-state index in [-0.39, 0.29) is 6.10 Å². The fourth-order valence-corrected chi connectivity index (χ4v) is 0. The van der Waals surface area contributed by atoms with Crippen molar-refractivity contribution in [3.63, 3.8) is 0 Å². The summed E-state index contributed by atoms with van der Waals surface area (Å²) < 4.78 is 0. The van der Waals surface area contributed by atoms with Crippen LogP contribution in [-0.4, -0.2) is 11.4 Å². The Morgan fingerprint density at radius 1 is 2.00 bits per heavy atom. The summed E-state index contributed by atoms with van der Waals surface area (Å²) in [5, 5.41) is 7.91. The zero-order chi connectivity index (χ0) is 4.28. The molecule has 0 heterocycles. The van der Waals surface area contributed by atoms with Gasteiger partial charge in [-0.3, -0.25) is 0 Å². The molecule has 0 bridgehead atoms. The summed E-state index contributed by atoms with van der Waals surface area (Å²) in [5.74, 6) is 0. The Kier molecular flexibility index (Phi) is 1.76. The largest absolute Gasteiger partial charge is 0.379 e. The highest BCUT2D eigenvalue weighted by Crippen LogP contribution is 1.76. The average molecular weight is 73.1 g/mol. The molecule has 5 heavy (non-hydrogen) atoms. The third kappa shape index (κ3) is 3.63. The van der Waals surface area contributed by atoms with Crippen LogP contribution in [0, 0.1) is 6.10 Å². The van der Waals surface area contributed by atoms with Crippen LogP contribution in [0.4, 0.5) is 0 Å². The number of rotatable bonds is 1. The van der Waals surface area contributed by atoms with Gasteiger partial charge in [-0.1, -0.05) is 0 Å². The molecule has 0 saturated heterocycles. The molecule has 2 heteroatoms. The van der Waals surface area contributed by atoms with Crippen molar-refractivity contribution in [2.75, 3.05) is 0 Å². The van der Waals surface area contributed by atoms with Gasteiger partial charge in [0.2, 0.25) is 0 Å². The Labute approximate surface area is 30.4 Å². The zero-order valence-electron chi connectivity index (χ0n) is 2.93. The molecule has 0 aliphatic carbocycles. The molecule has 1 radical (unpaired) electrons. The normalized spacial score (nSPS) is 8.60. The maximum absolute atomic E-state index is 9.22. The second kappa shape index (κ2) is 1.91. The van der Waals surface area contributed by atoms with Crippen molar-refractivity contribution in [1.82, 2.24) is 0 Å². The summed E-state index contributed by atoms with van der Waals surface area (Å²) in [6.45, 7) is 1.33. The van der Waals surface area contributed by atoms with E-state index in [1.807, 2.05) is 0 Å². The van der Waals surface area contributed by atoms with E-state index in [1.165, 1.54) is 6.92 Å². The Morgan fingerprint density at radius 2 is 2.20 bits per heavy atom. The fourth-order valence-electron chi connectivity index (χ4n) is 0. The maximum atomic E-state index is 9.22. The van der Waals surface area contributed by atoms with Gasteiger partial charge < -0.3 is 9.90 Å². The summed E-state index contributed by atoms with van der Waals surface area (Å²) in [6.07, 6.45) is 0.213. The third-order valence-corrected chi connectivity index (χ3v) is 0.171. The summed E-state index contributed by atoms with van der Waals surface area (Å²) in [6, 6.07) is 0. The first-order chi connectivity index (χ1) is 2.27. The minimum absolute atomic E-state index is 0.176. The molecular weight excluding hydrogens is 68.0 g/mol. The minimum atomic E-state index is -0.176. The van der Waals surface area contributed by atoms with Crippen molar-refractivity contribution in [2.24, 2.45) is 0 Å². The summed E-state index contributed by atoms with van der Waals surface area (Å²) in [7, 11) is 0. The second-order valence-electron chi connectivity index (χ2n) is 0.759. The molecule has 0 unspecified atom stereocenters. The monoisotopic (exact) mass is 73.0 g/mol. The highest BCUT2D eigenvalue weighted by Gasteiger charge is 1.83. The van der Waals surface area contributed by atoms with E-state index in [0.29, 0.717) is 6.29 Å². The van der Waals surface area contributed by atoms with E-state index in [9.17, 15) is 4.79 Å². The van der Waals surface area contributed by atoms with Crippen LogP contribution in [0.15, 0.2) is 0 Å². The van der Waals surface area contributed by atoms with Gasteiger partial charge in [0.25, 0.3) is 0 Å². The van der Waals surface area contributed by atoms with Gasteiger partial charge >= 0.3 is 0 Å². The van der Waals surface area contributed by atoms with Crippen molar-refractivity contribution in [3.05, 3.63) is 6.10 Å². The molecule has 1 N–H and O–H groups in total. The van der Waals surface area contributed by atoms with Gasteiger partial charge in [-0.15, -0.1) is 0 Å². The lowest BCUT2D eigenvalue weighted by Crippen LogP contribution is -1.85. The lowest BCUT2D eigenvalue weighted by molar-refractivity contribution is -0.109. The van der Waals surface area contributed by atoms with Gasteiger partial charge in [0.15, 0.2) is 12.4 Å². The van der Waals surface area contributed by atoms with Crippen LogP contribution in [0.5, 0.6) is 0 Å². The first kappa shape index (κ1) is 4.63. The number of carbonyl (C=O) groups excluding carboxylic acids is 1. The quantitative estimate of drug-likeness (QED) is 0.447. The van der Waals surface area contributed by atoms with Crippen molar-refractivity contribution in [2.45, 2.75) is 6.92 Å². The van der Waals surface area contributed by atoms with Crippen LogP contribution in [0.25, 0.3) is 0 Å². The van der Waals surface area contributed by atoms with Crippen LogP contribution < -0.4 is 0 Å². The third-order valence-electron chi connectivity index (χ3n) is 0.171. The van der Waals surface area contributed by atoms with Gasteiger partial charge in [-0.05, 0) is 6.92 Å². The average Bonchev–Trinajstić information content (AvgIpc) is 1.38. The van der Waals surface area contributed by atoms with Crippen molar-refractivity contribution < 1.29 is 9.90 Å². The van der Waals surface area contributed by atoms with Crippen molar-refractivity contribution in [3.8, 4) is 0 Å². The molecule has 0 saturated carbocycles.